The Morgan fingerprint density at radius 3 is 2.45 bits per heavy atom. The number of ketones is 2. The number of nitrogens with one attached hydrogen (secondary N) is 1. The van der Waals surface area contributed by atoms with Gasteiger partial charge in [0, 0.05) is 29.1 Å². The van der Waals surface area contributed by atoms with E-state index in [9.17, 15) is 24.5 Å². The summed E-state index contributed by atoms with van der Waals surface area (Å²) < 4.78 is 15.3. The average molecular weight is 560 g/mol. The number of benzene rings is 4. The highest BCUT2D eigenvalue weighted by Crippen LogP contribution is 2.58. The molecule has 4 aromatic carbocycles. The molecule has 9 heteroatoms. The molecule has 3 heterocycles. The van der Waals surface area contributed by atoms with Crippen LogP contribution in [0.25, 0.3) is 6.08 Å². The van der Waals surface area contributed by atoms with Crippen LogP contribution in [-0.4, -0.2) is 34.5 Å². The van der Waals surface area contributed by atoms with Gasteiger partial charge in [0.2, 0.25) is 5.91 Å². The van der Waals surface area contributed by atoms with Crippen LogP contribution in [0.5, 0.6) is 0 Å². The first-order valence-corrected chi connectivity index (χ1v) is 13.4. The third-order valence-electron chi connectivity index (χ3n) is 8.57. The first-order chi connectivity index (χ1) is 20.3. The largest absolute Gasteiger partial charge is 0.352 e. The predicted molar refractivity (Wildman–Crippen MR) is 154 cm³/mol. The summed E-state index contributed by atoms with van der Waals surface area (Å²) in [5.74, 6) is -3.93. The van der Waals surface area contributed by atoms with Crippen molar-refractivity contribution in [2.45, 2.75) is 17.5 Å². The molecule has 1 saturated heterocycles. The molecule has 1 fully saturated rings. The number of nitro groups is 1. The minimum Gasteiger partial charge on any atom is -0.352 e. The number of non-ortho nitro benzene ring substituents is 1. The molecule has 1 N–H and O–H groups in total. The van der Waals surface area contributed by atoms with Crippen molar-refractivity contribution in [3.63, 3.8) is 0 Å². The van der Waals surface area contributed by atoms with Crippen LogP contribution in [0.2, 0.25) is 0 Å². The standard InChI is InChI=1S/C33H22FN3O5/c34-24-13-4-2-11-22(24)31(39)28-29(30(38)20-9-7-10-21(18-20)37(41)42)36-26-15-6-1-8-19(26)16-17-27(36)33(28)23-12-3-5-14-25(23)35-32(33)40/h1-18,27-29H,(H,35,40)/t27-,28+,29+,33-/m1/s1. The number of nitrogens with zero attached hydrogens (tertiary/aromatic N) is 2. The monoisotopic (exact) mass is 559 g/mol. The average Bonchev–Trinajstić information content (AvgIpc) is 3.49. The number of Topliss-reactive ketones (excluding diaryl/α,β-unsaturated/α-hetero) is 2. The number of hydrogen-bond acceptors (Lipinski definition) is 6. The zero-order valence-electron chi connectivity index (χ0n) is 21.9. The van der Waals surface area contributed by atoms with Gasteiger partial charge >= 0.3 is 0 Å². The lowest BCUT2D eigenvalue weighted by atomic mass is 9.64. The SMILES string of the molecule is O=C(c1cccc([N+](=O)[O-])c1)[C@@H]1[C@@H](C(=O)c2ccccc2F)[C@]2(C(=O)Nc3ccccc32)[C@H]2C=Cc3ccccc3N12. The van der Waals surface area contributed by atoms with E-state index in [1.807, 2.05) is 30.4 Å². The summed E-state index contributed by atoms with van der Waals surface area (Å²) in [6.07, 6.45) is 3.67. The topological polar surface area (TPSA) is 110 Å². The molecule has 206 valence electrons. The van der Waals surface area contributed by atoms with Crippen LogP contribution in [-0.2, 0) is 10.2 Å². The van der Waals surface area contributed by atoms with Crippen LogP contribution in [0.4, 0.5) is 21.5 Å². The van der Waals surface area contributed by atoms with Gasteiger partial charge < -0.3 is 10.2 Å². The summed E-state index contributed by atoms with van der Waals surface area (Å²) in [5, 5.41) is 14.5. The highest BCUT2D eigenvalue weighted by atomic mass is 19.1. The Hall–Kier alpha value is -5.44. The van der Waals surface area contributed by atoms with Crippen LogP contribution in [0.1, 0.15) is 31.8 Å². The lowest BCUT2D eigenvalue weighted by Gasteiger charge is -2.37. The maximum absolute atomic E-state index is 15.3. The Bertz CT molecular complexity index is 1870. The molecule has 0 saturated carbocycles. The first-order valence-electron chi connectivity index (χ1n) is 13.4. The minimum atomic E-state index is -1.61. The summed E-state index contributed by atoms with van der Waals surface area (Å²) in [7, 11) is 0. The van der Waals surface area contributed by atoms with Gasteiger partial charge in [0.1, 0.15) is 17.3 Å². The zero-order valence-corrected chi connectivity index (χ0v) is 21.9. The van der Waals surface area contributed by atoms with Crippen molar-refractivity contribution >= 4 is 40.6 Å². The second-order valence-electron chi connectivity index (χ2n) is 10.6. The normalized spacial score (nSPS) is 23.2. The molecule has 1 spiro atoms. The van der Waals surface area contributed by atoms with Crippen molar-refractivity contribution in [3.8, 4) is 0 Å². The number of para-hydroxylation sites is 2. The van der Waals surface area contributed by atoms with Crippen LogP contribution in [0.3, 0.4) is 0 Å². The van der Waals surface area contributed by atoms with Gasteiger partial charge in [0.05, 0.1) is 22.4 Å². The Kier molecular flexibility index (Phi) is 5.65. The van der Waals surface area contributed by atoms with Crippen molar-refractivity contribution in [1.82, 2.24) is 0 Å². The fourth-order valence-corrected chi connectivity index (χ4v) is 6.89. The van der Waals surface area contributed by atoms with Crippen molar-refractivity contribution in [3.05, 3.63) is 141 Å². The Balaban J connectivity index is 1.54. The first kappa shape index (κ1) is 25.5. The summed E-state index contributed by atoms with van der Waals surface area (Å²) in [6, 6.07) is 23.0. The summed E-state index contributed by atoms with van der Waals surface area (Å²) in [5.41, 5.74) is 0.289. The number of hydrogen-bond donors (Lipinski definition) is 1. The van der Waals surface area contributed by atoms with E-state index in [-0.39, 0.29) is 16.8 Å². The molecule has 0 unspecified atom stereocenters. The Morgan fingerprint density at radius 2 is 1.64 bits per heavy atom. The third kappa shape index (κ3) is 3.43. The number of anilines is 2. The van der Waals surface area contributed by atoms with Gasteiger partial charge in [-0.2, -0.15) is 0 Å². The number of amides is 1. The molecule has 4 aromatic rings. The third-order valence-corrected chi connectivity index (χ3v) is 8.57. The summed E-state index contributed by atoms with van der Waals surface area (Å²) >= 11 is 0. The highest BCUT2D eigenvalue weighted by molar-refractivity contribution is 6.18. The molecule has 7 rings (SSSR count). The van der Waals surface area contributed by atoms with Gasteiger partial charge in [-0.15, -0.1) is 0 Å². The van der Waals surface area contributed by atoms with Gasteiger partial charge in [-0.25, -0.2) is 4.39 Å². The molecule has 8 nitrogen and oxygen atoms in total. The van der Waals surface area contributed by atoms with E-state index in [0.717, 1.165) is 11.6 Å². The van der Waals surface area contributed by atoms with E-state index >= 15 is 4.39 Å². The van der Waals surface area contributed by atoms with E-state index in [1.165, 1.54) is 42.5 Å². The van der Waals surface area contributed by atoms with Crippen LogP contribution in [0.15, 0.2) is 103 Å². The van der Waals surface area contributed by atoms with Crippen LogP contribution < -0.4 is 10.2 Å². The van der Waals surface area contributed by atoms with Crippen molar-refractivity contribution in [1.29, 1.82) is 0 Å². The molecular formula is C33H22FN3O5. The molecule has 0 radical (unpaired) electrons. The summed E-state index contributed by atoms with van der Waals surface area (Å²) in [4.78, 5) is 56.3. The maximum atomic E-state index is 15.3. The smallest absolute Gasteiger partial charge is 0.270 e. The van der Waals surface area contributed by atoms with E-state index in [4.69, 9.17) is 0 Å². The van der Waals surface area contributed by atoms with Gasteiger partial charge in [0.15, 0.2) is 11.6 Å². The molecule has 0 aromatic heterocycles. The van der Waals surface area contributed by atoms with Crippen LogP contribution >= 0.6 is 0 Å². The Morgan fingerprint density at radius 1 is 0.905 bits per heavy atom. The van der Waals surface area contributed by atoms with Gasteiger partial charge in [0.25, 0.3) is 5.69 Å². The van der Waals surface area contributed by atoms with Gasteiger partial charge in [-0.05, 0) is 35.4 Å². The number of nitro benzene ring substituents is 1. The van der Waals surface area contributed by atoms with Crippen molar-refractivity contribution in [2.24, 2.45) is 5.92 Å². The predicted octanol–water partition coefficient (Wildman–Crippen LogP) is 5.59. The fourth-order valence-electron chi connectivity index (χ4n) is 6.89. The van der Waals surface area contributed by atoms with Crippen molar-refractivity contribution in [2.75, 3.05) is 10.2 Å². The fraction of sp³-hybridized carbons (Fsp3) is 0.121. The molecular weight excluding hydrogens is 537 g/mol. The Labute approximate surface area is 239 Å². The van der Waals surface area contributed by atoms with Gasteiger partial charge in [-0.1, -0.05) is 72.8 Å². The molecule has 3 aliphatic rings. The van der Waals surface area contributed by atoms with Gasteiger partial charge in [-0.3, -0.25) is 24.5 Å². The lowest BCUT2D eigenvalue weighted by Crippen LogP contribution is -2.51. The number of rotatable bonds is 5. The van der Waals surface area contributed by atoms with E-state index in [2.05, 4.69) is 5.32 Å². The van der Waals surface area contributed by atoms with E-state index in [0.29, 0.717) is 16.9 Å². The molecule has 0 aliphatic carbocycles. The number of carbonyl (C=O) groups excluding carboxylic acids is 3. The lowest BCUT2D eigenvalue weighted by molar-refractivity contribution is -0.384. The molecule has 3 aliphatic heterocycles. The van der Waals surface area contributed by atoms with Crippen LogP contribution in [0, 0.1) is 21.8 Å². The second-order valence-corrected chi connectivity index (χ2v) is 10.6. The van der Waals surface area contributed by atoms with Crippen molar-refractivity contribution < 1.29 is 23.7 Å². The molecule has 42 heavy (non-hydrogen) atoms. The second kappa shape index (κ2) is 9.31. The molecule has 0 bridgehead atoms. The molecule has 1 amide bonds. The molecule has 4 atom stereocenters. The minimum absolute atomic E-state index is 0.00931. The summed E-state index contributed by atoms with van der Waals surface area (Å²) in [6.45, 7) is 0. The quantitative estimate of drug-likeness (QED) is 0.194. The maximum Gasteiger partial charge on any atom is 0.270 e. The number of carbonyl (C=O) groups is 3. The zero-order chi connectivity index (χ0) is 29.2. The van der Waals surface area contributed by atoms with E-state index < -0.39 is 51.6 Å². The number of halogens is 1. The van der Waals surface area contributed by atoms with E-state index in [1.54, 1.807) is 35.2 Å². The highest BCUT2D eigenvalue weighted by Gasteiger charge is 2.70. The number of fused-ring (bicyclic) bond motifs is 6.